The van der Waals surface area contributed by atoms with Crippen LogP contribution < -0.4 is 0 Å². The quantitative estimate of drug-likeness (QED) is 0.264. The largest absolute Gasteiger partial charge is 0.481 e. The third-order valence-corrected chi connectivity index (χ3v) is 5.52. The van der Waals surface area contributed by atoms with Gasteiger partial charge < -0.3 is 20.1 Å². The highest BCUT2D eigenvalue weighted by atomic mass is 16.5. The molecule has 8 heteroatoms. The molecule has 0 aliphatic rings. The minimum atomic E-state index is -2.69. The monoisotopic (exact) mass is 402 g/mol. The van der Waals surface area contributed by atoms with Crippen LogP contribution in [0.1, 0.15) is 79.1 Å². The summed E-state index contributed by atoms with van der Waals surface area (Å²) < 4.78 is 5.41. The third-order valence-electron chi connectivity index (χ3n) is 5.52. The van der Waals surface area contributed by atoms with Gasteiger partial charge in [-0.1, -0.05) is 46.5 Å². The number of carboxylic acids is 3. The Kier molecular flexibility index (Phi) is 11.0. The van der Waals surface area contributed by atoms with Gasteiger partial charge in [0.05, 0.1) is 0 Å². The molecule has 0 aromatic rings. The Morgan fingerprint density at radius 3 is 1.71 bits per heavy atom. The SMILES string of the molecule is CCCCCCCC(=O)C(C(=O)O)C(OCC)(C(=O)O)C(CC)(CC)C(=O)O. The van der Waals surface area contributed by atoms with Crippen molar-refractivity contribution < 1.29 is 39.2 Å². The number of Topliss-reactive ketones (excluding diaryl/α,β-unsaturated/α-hetero) is 1. The molecule has 0 amide bonds. The van der Waals surface area contributed by atoms with E-state index in [1.165, 1.54) is 20.8 Å². The fourth-order valence-corrected chi connectivity index (χ4v) is 3.94. The van der Waals surface area contributed by atoms with Crippen LogP contribution in [0.2, 0.25) is 0 Å². The number of hydrogen-bond acceptors (Lipinski definition) is 5. The minimum Gasteiger partial charge on any atom is -0.481 e. The van der Waals surface area contributed by atoms with Crippen LogP contribution in [-0.4, -0.2) is 51.2 Å². The summed E-state index contributed by atoms with van der Waals surface area (Å²) in [6.45, 7) is 6.17. The summed E-state index contributed by atoms with van der Waals surface area (Å²) in [4.78, 5) is 49.4. The third kappa shape index (κ3) is 5.10. The van der Waals surface area contributed by atoms with Crippen molar-refractivity contribution in [3.8, 4) is 0 Å². The van der Waals surface area contributed by atoms with Gasteiger partial charge in [-0.3, -0.25) is 14.4 Å². The first-order valence-corrected chi connectivity index (χ1v) is 9.99. The van der Waals surface area contributed by atoms with Gasteiger partial charge in [-0.2, -0.15) is 0 Å². The summed E-state index contributed by atoms with van der Waals surface area (Å²) in [5, 5.41) is 29.7. The summed E-state index contributed by atoms with van der Waals surface area (Å²) in [6.07, 6.45) is 3.49. The lowest BCUT2D eigenvalue weighted by atomic mass is 9.60. The van der Waals surface area contributed by atoms with Crippen molar-refractivity contribution in [2.24, 2.45) is 11.3 Å². The van der Waals surface area contributed by atoms with Crippen LogP contribution in [0, 0.1) is 11.3 Å². The van der Waals surface area contributed by atoms with Gasteiger partial charge in [0.25, 0.3) is 0 Å². The van der Waals surface area contributed by atoms with E-state index >= 15 is 0 Å². The van der Waals surface area contributed by atoms with Crippen molar-refractivity contribution in [1.82, 2.24) is 0 Å². The molecule has 0 heterocycles. The molecule has 0 saturated carbocycles. The molecule has 3 N–H and O–H groups in total. The predicted molar refractivity (Wildman–Crippen MR) is 102 cm³/mol. The van der Waals surface area contributed by atoms with Gasteiger partial charge in [-0.15, -0.1) is 0 Å². The Balaban J connectivity index is 6.25. The first-order chi connectivity index (χ1) is 13.1. The lowest BCUT2D eigenvalue weighted by Gasteiger charge is -2.46. The number of ether oxygens (including phenoxy) is 1. The normalized spacial score (nSPS) is 14.9. The van der Waals surface area contributed by atoms with Crippen molar-refractivity contribution in [3.05, 3.63) is 0 Å². The molecule has 2 atom stereocenters. The standard InChI is InChI=1S/C20H34O8/c1-5-9-10-11-12-13-14(21)15(16(22)23)20(18(26)27,28-8-4)19(6-2,7-3)17(24)25/h15H,5-13H2,1-4H3,(H,22,23)(H,24,25)(H,26,27). The van der Waals surface area contributed by atoms with E-state index in [-0.39, 0.29) is 25.9 Å². The summed E-state index contributed by atoms with van der Waals surface area (Å²) >= 11 is 0. The van der Waals surface area contributed by atoms with Crippen LogP contribution in [-0.2, 0) is 23.9 Å². The van der Waals surface area contributed by atoms with Crippen LogP contribution >= 0.6 is 0 Å². The van der Waals surface area contributed by atoms with Gasteiger partial charge >= 0.3 is 17.9 Å². The fraction of sp³-hybridized carbons (Fsp3) is 0.800. The van der Waals surface area contributed by atoms with Crippen molar-refractivity contribution in [3.63, 3.8) is 0 Å². The highest BCUT2D eigenvalue weighted by Gasteiger charge is 2.68. The number of rotatable bonds is 16. The van der Waals surface area contributed by atoms with Crippen LogP contribution in [0.25, 0.3) is 0 Å². The molecule has 162 valence electrons. The molecule has 0 aromatic heterocycles. The van der Waals surface area contributed by atoms with Gasteiger partial charge in [0.1, 0.15) is 5.41 Å². The molecule has 28 heavy (non-hydrogen) atoms. The number of unbranched alkanes of at least 4 members (excludes halogenated alkanes) is 4. The number of hydrogen-bond donors (Lipinski definition) is 3. The van der Waals surface area contributed by atoms with E-state index in [4.69, 9.17) is 4.74 Å². The Hall–Kier alpha value is -1.96. The van der Waals surface area contributed by atoms with Crippen LogP contribution in [0.15, 0.2) is 0 Å². The average Bonchev–Trinajstić information content (AvgIpc) is 2.62. The van der Waals surface area contributed by atoms with Crippen molar-refractivity contribution in [2.75, 3.05) is 6.61 Å². The molecule has 0 saturated heterocycles. The van der Waals surface area contributed by atoms with Gasteiger partial charge in [0.2, 0.25) is 5.60 Å². The van der Waals surface area contributed by atoms with Gasteiger partial charge in [-0.25, -0.2) is 4.79 Å². The van der Waals surface area contributed by atoms with Crippen LogP contribution in [0.5, 0.6) is 0 Å². The zero-order valence-electron chi connectivity index (χ0n) is 17.3. The molecular formula is C20H34O8. The van der Waals surface area contributed by atoms with E-state index in [2.05, 4.69) is 0 Å². The Morgan fingerprint density at radius 1 is 0.821 bits per heavy atom. The Bertz CT molecular complexity index is 552. The number of carboxylic acid groups (broad SMARTS) is 3. The maximum Gasteiger partial charge on any atom is 0.338 e. The van der Waals surface area contributed by atoms with Crippen LogP contribution in [0.4, 0.5) is 0 Å². The van der Waals surface area contributed by atoms with E-state index < -0.39 is 40.6 Å². The minimum absolute atomic E-state index is 0.133. The lowest BCUT2D eigenvalue weighted by Crippen LogP contribution is -2.67. The van der Waals surface area contributed by atoms with Crippen LogP contribution in [0.3, 0.4) is 0 Å². The topological polar surface area (TPSA) is 138 Å². The highest BCUT2D eigenvalue weighted by molar-refractivity contribution is 6.06. The maximum absolute atomic E-state index is 12.8. The van der Waals surface area contributed by atoms with E-state index in [0.717, 1.165) is 19.3 Å². The molecule has 0 bridgehead atoms. The first-order valence-electron chi connectivity index (χ1n) is 9.99. The molecule has 2 unspecified atom stereocenters. The Labute approximate surface area is 166 Å². The van der Waals surface area contributed by atoms with Crippen molar-refractivity contribution in [1.29, 1.82) is 0 Å². The second kappa shape index (κ2) is 11.8. The molecule has 0 aromatic carbocycles. The molecule has 0 spiro atoms. The summed E-state index contributed by atoms with van der Waals surface area (Å²) in [7, 11) is 0. The summed E-state index contributed by atoms with van der Waals surface area (Å²) in [5.74, 6) is -7.83. The smallest absolute Gasteiger partial charge is 0.338 e. The molecular weight excluding hydrogens is 368 g/mol. The summed E-state index contributed by atoms with van der Waals surface area (Å²) in [5.41, 5.74) is -4.75. The fourth-order valence-electron chi connectivity index (χ4n) is 3.94. The maximum atomic E-state index is 12.8. The van der Waals surface area contributed by atoms with E-state index in [1.807, 2.05) is 6.92 Å². The number of carbonyl (C=O) groups is 4. The second-order valence-electron chi connectivity index (χ2n) is 6.97. The molecule has 0 rings (SSSR count). The van der Waals surface area contributed by atoms with Crippen molar-refractivity contribution in [2.45, 2.75) is 84.7 Å². The van der Waals surface area contributed by atoms with Gasteiger partial charge in [0, 0.05) is 13.0 Å². The number of carbonyl (C=O) groups excluding carboxylic acids is 1. The van der Waals surface area contributed by atoms with Gasteiger partial charge in [-0.05, 0) is 26.2 Å². The summed E-state index contributed by atoms with van der Waals surface area (Å²) in [6, 6.07) is 0. The van der Waals surface area contributed by atoms with Gasteiger partial charge in [0.15, 0.2) is 11.7 Å². The molecule has 8 nitrogen and oxygen atoms in total. The highest BCUT2D eigenvalue weighted by Crippen LogP contribution is 2.47. The predicted octanol–water partition coefficient (Wildman–Crippen LogP) is 3.37. The molecule has 0 radical (unpaired) electrons. The second-order valence-corrected chi connectivity index (χ2v) is 6.97. The average molecular weight is 402 g/mol. The van der Waals surface area contributed by atoms with E-state index in [9.17, 15) is 34.5 Å². The number of aliphatic carboxylic acids is 3. The van der Waals surface area contributed by atoms with E-state index in [0.29, 0.717) is 12.8 Å². The van der Waals surface area contributed by atoms with E-state index in [1.54, 1.807) is 0 Å². The molecule has 0 fully saturated rings. The lowest BCUT2D eigenvalue weighted by molar-refractivity contribution is -0.217. The molecule has 0 aliphatic heterocycles. The zero-order valence-corrected chi connectivity index (χ0v) is 17.3. The molecule has 0 aliphatic carbocycles. The Morgan fingerprint density at radius 2 is 1.36 bits per heavy atom. The van der Waals surface area contributed by atoms with Crippen molar-refractivity contribution >= 4 is 23.7 Å². The number of ketones is 1. The first kappa shape index (κ1) is 26.0. The zero-order chi connectivity index (χ0) is 22.0.